The number of esters is 4. The Balaban J connectivity index is 5.22. The molecule has 0 bridgehead atoms. The summed E-state index contributed by atoms with van der Waals surface area (Å²) in [7, 11) is -9.92. The summed E-state index contributed by atoms with van der Waals surface area (Å²) in [5.74, 6) is -1.28. The van der Waals surface area contributed by atoms with Crippen LogP contribution in [-0.2, 0) is 65.4 Å². The van der Waals surface area contributed by atoms with Crippen LogP contribution in [0.4, 0.5) is 0 Å². The van der Waals surface area contributed by atoms with Crippen molar-refractivity contribution in [3.05, 3.63) is 0 Å². The molecule has 0 aromatic rings. The molecular weight excluding hydrogens is 1370 g/mol. The van der Waals surface area contributed by atoms with E-state index in [9.17, 15) is 43.2 Å². The fourth-order valence-electron chi connectivity index (χ4n) is 13.5. The zero-order valence-electron chi connectivity index (χ0n) is 68.9. The van der Waals surface area contributed by atoms with Crippen molar-refractivity contribution < 1.29 is 80.2 Å². The lowest BCUT2D eigenvalue weighted by molar-refractivity contribution is -0.161. The highest BCUT2D eigenvalue weighted by Gasteiger charge is 2.30. The average molecular weight is 1540 g/mol. The van der Waals surface area contributed by atoms with E-state index < -0.39 is 97.5 Å². The molecule has 0 aliphatic heterocycles. The van der Waals surface area contributed by atoms with Crippen molar-refractivity contribution in [2.45, 2.75) is 483 Å². The van der Waals surface area contributed by atoms with Crippen LogP contribution in [0.25, 0.3) is 0 Å². The van der Waals surface area contributed by atoms with Crippen LogP contribution in [0, 0.1) is 5.92 Å². The van der Waals surface area contributed by atoms with E-state index in [0.717, 1.165) is 95.8 Å². The third-order valence-electron chi connectivity index (χ3n) is 20.3. The van der Waals surface area contributed by atoms with Crippen LogP contribution in [0.15, 0.2) is 0 Å². The molecule has 624 valence electrons. The second kappa shape index (κ2) is 78.7. The lowest BCUT2D eigenvalue weighted by Crippen LogP contribution is -2.30. The number of hydrogen-bond acceptors (Lipinski definition) is 15. The van der Waals surface area contributed by atoms with Crippen molar-refractivity contribution in [1.82, 2.24) is 0 Å². The number of rotatable bonds is 86. The Hall–Kier alpha value is -1.94. The molecule has 0 saturated carbocycles. The lowest BCUT2D eigenvalue weighted by atomic mass is 10.0. The smallest absolute Gasteiger partial charge is 0.462 e. The number of phosphoric acid groups is 2. The van der Waals surface area contributed by atoms with E-state index >= 15 is 0 Å². The molecule has 105 heavy (non-hydrogen) atoms. The SMILES string of the molecule is CCCCCCCCCCCCCCCCCCCCCCC(=O)OC[C@H](COP(=O)(O)OC[C@@H](O)COP(=O)(O)OC[C@@H](COC(=O)CCCCCCCCCCCCCC)OC(=O)CCCCCCCCCCCCCC)OC(=O)CCCCCCCCCCCCCCCCCCCCC(C)C. The van der Waals surface area contributed by atoms with Gasteiger partial charge in [0.15, 0.2) is 12.2 Å². The van der Waals surface area contributed by atoms with Gasteiger partial charge in [-0.15, -0.1) is 0 Å². The van der Waals surface area contributed by atoms with Gasteiger partial charge in [-0.05, 0) is 31.6 Å². The van der Waals surface area contributed by atoms with Gasteiger partial charge in [0.1, 0.15) is 19.3 Å². The Labute approximate surface area is 645 Å². The predicted octanol–water partition coefficient (Wildman–Crippen LogP) is 26.4. The molecule has 0 aliphatic carbocycles. The van der Waals surface area contributed by atoms with Crippen molar-refractivity contribution >= 4 is 39.5 Å². The summed E-state index contributed by atoms with van der Waals surface area (Å²) in [5.41, 5.74) is 0. The number of unbranched alkanes of at least 4 members (excludes halogenated alkanes) is 58. The van der Waals surface area contributed by atoms with Crippen LogP contribution < -0.4 is 0 Å². The van der Waals surface area contributed by atoms with Gasteiger partial charge in [-0.25, -0.2) is 9.13 Å². The highest BCUT2D eigenvalue weighted by atomic mass is 31.2. The summed E-state index contributed by atoms with van der Waals surface area (Å²) in [6.07, 6.45) is 72.2. The largest absolute Gasteiger partial charge is 0.472 e. The Morgan fingerprint density at radius 1 is 0.257 bits per heavy atom. The van der Waals surface area contributed by atoms with Gasteiger partial charge in [0.2, 0.25) is 0 Å². The first-order valence-electron chi connectivity index (χ1n) is 44.6. The Kier molecular flexibility index (Phi) is 77.3. The standard InChI is InChI=1S/C86H168O17P2/c1-6-9-12-15-18-21-24-27-28-29-30-31-35-38-41-46-50-55-60-65-70-84(89)97-76-82(103-86(91)72-67-62-57-52-47-42-39-36-33-32-34-37-40-43-48-53-58-63-68-79(4)5)78-101-105(94,95)99-74-80(87)73-98-104(92,93)100-77-81(102-85(90)71-66-61-56-51-45-26-23-20-17-14-11-8-3)75-96-83(88)69-64-59-54-49-44-25-22-19-16-13-10-7-2/h79-82,87H,6-78H2,1-5H3,(H,92,93)(H,94,95)/t80-,81+,82+/m0/s1. The highest BCUT2D eigenvalue weighted by molar-refractivity contribution is 7.47. The normalized spacial score (nSPS) is 13.8. The fraction of sp³-hybridized carbons (Fsp3) is 0.953. The fourth-order valence-corrected chi connectivity index (χ4v) is 15.1. The average Bonchev–Trinajstić information content (AvgIpc) is 0.911. The monoisotopic (exact) mass is 1540 g/mol. The topological polar surface area (TPSA) is 237 Å². The number of carbonyl (C=O) groups excluding carboxylic acids is 4. The molecule has 0 aliphatic rings. The third kappa shape index (κ3) is 79.9. The maximum absolute atomic E-state index is 13.1. The first-order chi connectivity index (χ1) is 51.0. The minimum absolute atomic E-state index is 0.108. The van der Waals surface area contributed by atoms with Crippen molar-refractivity contribution in [2.75, 3.05) is 39.6 Å². The molecule has 19 heteroatoms. The molecule has 3 N–H and O–H groups in total. The van der Waals surface area contributed by atoms with E-state index in [0.29, 0.717) is 25.7 Å². The number of aliphatic hydroxyl groups excluding tert-OH is 1. The zero-order chi connectivity index (χ0) is 76.9. The van der Waals surface area contributed by atoms with Gasteiger partial charge in [-0.1, -0.05) is 413 Å². The molecule has 0 rings (SSSR count). The van der Waals surface area contributed by atoms with Crippen LogP contribution in [0.5, 0.6) is 0 Å². The van der Waals surface area contributed by atoms with Gasteiger partial charge in [-0.3, -0.25) is 37.3 Å². The summed E-state index contributed by atoms with van der Waals surface area (Å²) in [6, 6.07) is 0. The number of aliphatic hydroxyl groups is 1. The van der Waals surface area contributed by atoms with Gasteiger partial charge in [0.25, 0.3) is 0 Å². The Morgan fingerprint density at radius 3 is 0.648 bits per heavy atom. The second-order valence-corrected chi connectivity index (χ2v) is 34.3. The van der Waals surface area contributed by atoms with Gasteiger partial charge in [0, 0.05) is 25.7 Å². The molecular formula is C86H168O17P2. The van der Waals surface area contributed by atoms with Crippen LogP contribution in [-0.4, -0.2) is 96.7 Å². The molecule has 2 unspecified atom stereocenters. The Morgan fingerprint density at radius 2 is 0.438 bits per heavy atom. The van der Waals surface area contributed by atoms with E-state index in [-0.39, 0.29) is 25.7 Å². The lowest BCUT2D eigenvalue weighted by Gasteiger charge is -2.21. The molecule has 5 atom stereocenters. The highest BCUT2D eigenvalue weighted by Crippen LogP contribution is 2.45. The predicted molar refractivity (Wildman–Crippen MR) is 432 cm³/mol. The minimum Gasteiger partial charge on any atom is -0.462 e. The van der Waals surface area contributed by atoms with Crippen LogP contribution in [0.2, 0.25) is 0 Å². The van der Waals surface area contributed by atoms with E-state index in [1.54, 1.807) is 0 Å². The molecule has 0 fully saturated rings. The van der Waals surface area contributed by atoms with Gasteiger partial charge in [-0.2, -0.15) is 0 Å². The molecule has 0 saturated heterocycles. The van der Waals surface area contributed by atoms with Gasteiger partial charge < -0.3 is 33.8 Å². The van der Waals surface area contributed by atoms with Crippen molar-refractivity contribution in [1.29, 1.82) is 0 Å². The summed E-state index contributed by atoms with van der Waals surface area (Å²) < 4.78 is 68.9. The summed E-state index contributed by atoms with van der Waals surface area (Å²) in [6.45, 7) is 7.40. The van der Waals surface area contributed by atoms with E-state index in [2.05, 4.69) is 34.6 Å². The number of carbonyl (C=O) groups is 4. The molecule has 17 nitrogen and oxygen atoms in total. The van der Waals surface area contributed by atoms with E-state index in [1.807, 2.05) is 0 Å². The molecule has 0 spiro atoms. The number of phosphoric ester groups is 2. The van der Waals surface area contributed by atoms with Gasteiger partial charge in [0.05, 0.1) is 26.4 Å². The molecule has 0 radical (unpaired) electrons. The first-order valence-corrected chi connectivity index (χ1v) is 47.6. The van der Waals surface area contributed by atoms with Crippen molar-refractivity contribution in [2.24, 2.45) is 5.92 Å². The molecule has 0 heterocycles. The zero-order valence-corrected chi connectivity index (χ0v) is 70.7. The second-order valence-electron chi connectivity index (χ2n) is 31.4. The van der Waals surface area contributed by atoms with E-state index in [1.165, 1.54) is 289 Å². The third-order valence-corrected chi connectivity index (χ3v) is 22.2. The maximum atomic E-state index is 13.1. The Bertz CT molecular complexity index is 2000. The van der Waals surface area contributed by atoms with Crippen LogP contribution in [0.1, 0.15) is 465 Å². The van der Waals surface area contributed by atoms with Crippen molar-refractivity contribution in [3.63, 3.8) is 0 Å². The molecule has 0 amide bonds. The molecule has 0 aromatic carbocycles. The first kappa shape index (κ1) is 103. The molecule has 0 aromatic heterocycles. The number of ether oxygens (including phenoxy) is 4. The minimum atomic E-state index is -4.97. The van der Waals surface area contributed by atoms with E-state index in [4.69, 9.17) is 37.0 Å². The summed E-state index contributed by atoms with van der Waals surface area (Å²) in [5, 5.41) is 10.7. The number of hydrogen-bond donors (Lipinski definition) is 3. The van der Waals surface area contributed by atoms with Crippen LogP contribution >= 0.6 is 15.6 Å². The quantitative estimate of drug-likeness (QED) is 0.0222. The summed E-state index contributed by atoms with van der Waals surface area (Å²) in [4.78, 5) is 73.2. The van der Waals surface area contributed by atoms with Crippen LogP contribution in [0.3, 0.4) is 0 Å². The van der Waals surface area contributed by atoms with Crippen molar-refractivity contribution in [3.8, 4) is 0 Å². The summed E-state index contributed by atoms with van der Waals surface area (Å²) >= 11 is 0. The van der Waals surface area contributed by atoms with Gasteiger partial charge >= 0.3 is 39.5 Å². The maximum Gasteiger partial charge on any atom is 0.472 e.